The SMILES string of the molecule is O=C1CC[C](CO)N1. The number of aliphatic hydroxyl groups excluding tert-OH is 1. The summed E-state index contributed by atoms with van der Waals surface area (Å²) >= 11 is 0. The summed E-state index contributed by atoms with van der Waals surface area (Å²) < 4.78 is 0. The Balaban J connectivity index is 2.32. The second kappa shape index (κ2) is 2.13. The molecule has 1 radical (unpaired) electrons. The molecule has 1 rings (SSSR count). The molecule has 45 valence electrons. The molecule has 1 aliphatic heterocycles. The first-order valence-electron chi connectivity index (χ1n) is 2.58. The van der Waals surface area contributed by atoms with Crippen molar-refractivity contribution in [3.63, 3.8) is 0 Å². The molecule has 1 saturated heterocycles. The Kier molecular flexibility index (Phi) is 1.48. The van der Waals surface area contributed by atoms with Crippen molar-refractivity contribution < 1.29 is 9.90 Å². The van der Waals surface area contributed by atoms with Crippen LogP contribution in [0.5, 0.6) is 0 Å². The van der Waals surface area contributed by atoms with Crippen molar-refractivity contribution in [2.75, 3.05) is 6.61 Å². The molecule has 3 heteroatoms. The quantitative estimate of drug-likeness (QED) is 0.479. The van der Waals surface area contributed by atoms with Gasteiger partial charge in [-0.3, -0.25) is 4.79 Å². The number of hydrogen-bond donors (Lipinski definition) is 2. The van der Waals surface area contributed by atoms with Crippen molar-refractivity contribution in [1.29, 1.82) is 0 Å². The maximum absolute atomic E-state index is 10.4. The number of aliphatic hydroxyl groups is 1. The molecule has 0 bridgehead atoms. The van der Waals surface area contributed by atoms with Crippen molar-refractivity contribution >= 4 is 5.91 Å². The number of amides is 1. The van der Waals surface area contributed by atoms with Gasteiger partial charge in [-0.2, -0.15) is 0 Å². The summed E-state index contributed by atoms with van der Waals surface area (Å²) in [4.78, 5) is 10.4. The lowest BCUT2D eigenvalue weighted by Gasteiger charge is -2.00. The van der Waals surface area contributed by atoms with Crippen molar-refractivity contribution in [3.05, 3.63) is 6.04 Å². The molecule has 0 saturated carbocycles. The third kappa shape index (κ3) is 0.980. The van der Waals surface area contributed by atoms with Gasteiger partial charge in [-0.15, -0.1) is 0 Å². The summed E-state index contributed by atoms with van der Waals surface area (Å²) in [5.74, 6) is 0.0223. The number of hydrogen-bond acceptors (Lipinski definition) is 2. The Bertz CT molecular complexity index is 103. The van der Waals surface area contributed by atoms with Crippen LogP contribution in [0.2, 0.25) is 0 Å². The number of nitrogens with one attached hydrogen (secondary N) is 1. The molecule has 0 aliphatic carbocycles. The van der Waals surface area contributed by atoms with Gasteiger partial charge in [0.05, 0.1) is 12.6 Å². The topological polar surface area (TPSA) is 49.3 Å². The van der Waals surface area contributed by atoms with Gasteiger partial charge in [-0.25, -0.2) is 0 Å². The third-order valence-corrected chi connectivity index (χ3v) is 1.16. The van der Waals surface area contributed by atoms with Gasteiger partial charge in [0, 0.05) is 6.42 Å². The molecule has 0 aromatic rings. The van der Waals surface area contributed by atoms with Crippen LogP contribution in [0, 0.1) is 6.04 Å². The van der Waals surface area contributed by atoms with E-state index >= 15 is 0 Å². The first-order valence-corrected chi connectivity index (χ1v) is 2.58. The summed E-state index contributed by atoms with van der Waals surface area (Å²) in [5.41, 5.74) is 0. The fraction of sp³-hybridized carbons (Fsp3) is 0.600. The van der Waals surface area contributed by atoms with Gasteiger partial charge in [-0.05, 0) is 6.42 Å². The largest absolute Gasteiger partial charge is 0.394 e. The Labute approximate surface area is 47.7 Å². The van der Waals surface area contributed by atoms with E-state index in [1.54, 1.807) is 0 Å². The van der Waals surface area contributed by atoms with Gasteiger partial charge >= 0.3 is 0 Å². The minimum absolute atomic E-state index is 0.00819. The Morgan fingerprint density at radius 1 is 1.62 bits per heavy atom. The van der Waals surface area contributed by atoms with Crippen LogP contribution in [0.25, 0.3) is 0 Å². The summed E-state index contributed by atoms with van der Waals surface area (Å²) in [6.07, 6.45) is 1.24. The van der Waals surface area contributed by atoms with Gasteiger partial charge in [0.1, 0.15) is 0 Å². The van der Waals surface area contributed by atoms with Crippen molar-refractivity contribution in [3.8, 4) is 0 Å². The molecular formula is C5H8NO2. The van der Waals surface area contributed by atoms with Crippen LogP contribution < -0.4 is 5.32 Å². The van der Waals surface area contributed by atoms with E-state index in [1.807, 2.05) is 0 Å². The van der Waals surface area contributed by atoms with Crippen LogP contribution in [0.4, 0.5) is 0 Å². The average molecular weight is 114 g/mol. The molecule has 3 nitrogen and oxygen atoms in total. The van der Waals surface area contributed by atoms with Crippen LogP contribution >= 0.6 is 0 Å². The standard InChI is InChI=1S/C5H8NO2/c7-3-4-1-2-5(8)6-4/h7H,1-3H2,(H,6,8). The Hall–Kier alpha value is -0.570. The van der Waals surface area contributed by atoms with E-state index in [-0.39, 0.29) is 12.5 Å². The smallest absolute Gasteiger partial charge is 0.220 e. The van der Waals surface area contributed by atoms with E-state index in [2.05, 4.69) is 5.32 Å². The van der Waals surface area contributed by atoms with Gasteiger partial charge in [0.15, 0.2) is 0 Å². The van der Waals surface area contributed by atoms with Crippen LogP contribution in [-0.2, 0) is 4.79 Å². The highest BCUT2D eigenvalue weighted by molar-refractivity contribution is 5.80. The van der Waals surface area contributed by atoms with Crippen molar-refractivity contribution in [1.82, 2.24) is 5.32 Å². The minimum Gasteiger partial charge on any atom is -0.394 e. The summed E-state index contributed by atoms with van der Waals surface area (Å²) in [6.45, 7) is -0.00819. The van der Waals surface area contributed by atoms with E-state index in [0.717, 1.165) is 6.04 Å². The molecule has 1 aliphatic rings. The fourth-order valence-corrected chi connectivity index (χ4v) is 0.705. The first-order chi connectivity index (χ1) is 3.83. The van der Waals surface area contributed by atoms with Crippen LogP contribution in [0.3, 0.4) is 0 Å². The molecule has 1 amide bonds. The highest BCUT2D eigenvalue weighted by atomic mass is 16.3. The zero-order valence-corrected chi connectivity index (χ0v) is 4.48. The first kappa shape index (κ1) is 5.56. The third-order valence-electron chi connectivity index (χ3n) is 1.16. The molecular weight excluding hydrogens is 106 g/mol. The minimum atomic E-state index is -0.00819. The molecule has 0 spiro atoms. The molecule has 0 atom stereocenters. The predicted octanol–water partition coefficient (Wildman–Crippen LogP) is -0.579. The van der Waals surface area contributed by atoms with E-state index < -0.39 is 0 Å². The van der Waals surface area contributed by atoms with E-state index in [9.17, 15) is 4.79 Å². The maximum atomic E-state index is 10.4. The monoisotopic (exact) mass is 114 g/mol. The van der Waals surface area contributed by atoms with E-state index in [0.29, 0.717) is 12.8 Å². The Morgan fingerprint density at radius 2 is 2.38 bits per heavy atom. The highest BCUT2D eigenvalue weighted by Gasteiger charge is 2.19. The van der Waals surface area contributed by atoms with Crippen LogP contribution in [0.1, 0.15) is 12.8 Å². The lowest BCUT2D eigenvalue weighted by molar-refractivity contribution is -0.119. The normalized spacial score (nSPS) is 21.4. The van der Waals surface area contributed by atoms with Crippen molar-refractivity contribution in [2.45, 2.75) is 12.8 Å². The summed E-state index contributed by atoms with van der Waals surface area (Å²) in [5, 5.41) is 11.0. The molecule has 2 N–H and O–H groups in total. The molecule has 1 heterocycles. The number of carbonyl (C=O) groups is 1. The maximum Gasteiger partial charge on any atom is 0.220 e. The van der Waals surface area contributed by atoms with Crippen LogP contribution in [0.15, 0.2) is 0 Å². The fourth-order valence-electron chi connectivity index (χ4n) is 0.705. The molecule has 0 unspecified atom stereocenters. The molecule has 8 heavy (non-hydrogen) atoms. The van der Waals surface area contributed by atoms with E-state index in [1.165, 1.54) is 0 Å². The molecule has 0 aromatic heterocycles. The number of carbonyl (C=O) groups excluding carboxylic acids is 1. The lowest BCUT2D eigenvalue weighted by atomic mass is 10.2. The van der Waals surface area contributed by atoms with Crippen LogP contribution in [-0.4, -0.2) is 17.6 Å². The number of rotatable bonds is 1. The van der Waals surface area contributed by atoms with E-state index in [4.69, 9.17) is 5.11 Å². The van der Waals surface area contributed by atoms with Gasteiger partial charge in [-0.1, -0.05) is 0 Å². The second-order valence-electron chi connectivity index (χ2n) is 1.81. The lowest BCUT2D eigenvalue weighted by Crippen LogP contribution is -2.20. The van der Waals surface area contributed by atoms with Gasteiger partial charge in [0.2, 0.25) is 5.91 Å². The second-order valence-corrected chi connectivity index (χ2v) is 1.81. The molecule has 0 aromatic carbocycles. The van der Waals surface area contributed by atoms with Gasteiger partial charge in [0.25, 0.3) is 0 Å². The molecule has 1 fully saturated rings. The zero-order valence-electron chi connectivity index (χ0n) is 4.48. The van der Waals surface area contributed by atoms with Crippen molar-refractivity contribution in [2.24, 2.45) is 0 Å². The average Bonchev–Trinajstić information content (AvgIpc) is 2.14. The Morgan fingerprint density at radius 3 is 2.62 bits per heavy atom. The summed E-state index contributed by atoms with van der Waals surface area (Å²) in [7, 11) is 0. The summed E-state index contributed by atoms with van der Waals surface area (Å²) in [6, 6.07) is 0.745. The highest BCUT2D eigenvalue weighted by Crippen LogP contribution is 2.11. The predicted molar refractivity (Wildman–Crippen MR) is 27.7 cm³/mol. The zero-order chi connectivity index (χ0) is 5.98. The van der Waals surface area contributed by atoms with Gasteiger partial charge < -0.3 is 10.4 Å².